The van der Waals surface area contributed by atoms with E-state index < -0.39 is 17.7 Å². The van der Waals surface area contributed by atoms with Gasteiger partial charge in [-0.2, -0.15) is 10.4 Å². The number of rotatable bonds is 3. The monoisotopic (exact) mass is 422 g/mol. The Morgan fingerprint density at radius 2 is 1.84 bits per heavy atom. The van der Waals surface area contributed by atoms with Crippen molar-refractivity contribution in [2.75, 3.05) is 18.0 Å². The first-order valence-corrected chi connectivity index (χ1v) is 10.3. The molecular weight excluding hydrogens is 402 g/mol. The normalized spacial score (nSPS) is 26.9. The number of halogens is 2. The van der Waals surface area contributed by atoms with Gasteiger partial charge in [-0.1, -0.05) is 0 Å². The van der Waals surface area contributed by atoms with Crippen molar-refractivity contribution in [3.63, 3.8) is 0 Å². The summed E-state index contributed by atoms with van der Waals surface area (Å²) in [5.74, 6) is -0.361. The maximum absolute atomic E-state index is 13.7. The maximum atomic E-state index is 13.7. The number of hydrogen-bond donors (Lipinski definition) is 0. The van der Waals surface area contributed by atoms with E-state index in [-0.39, 0.29) is 11.8 Å². The van der Waals surface area contributed by atoms with Gasteiger partial charge in [-0.15, -0.1) is 0 Å². The highest BCUT2D eigenvalue weighted by Gasteiger charge is 2.46. The van der Waals surface area contributed by atoms with Crippen LogP contribution in [0.25, 0.3) is 0 Å². The lowest BCUT2D eigenvalue weighted by Gasteiger charge is -2.26. The molecule has 0 bridgehead atoms. The number of amides is 1. The lowest BCUT2D eigenvalue weighted by molar-refractivity contribution is -0.137. The zero-order chi connectivity index (χ0) is 21.5. The summed E-state index contributed by atoms with van der Waals surface area (Å²) < 4.78 is 27.3. The fourth-order valence-corrected chi connectivity index (χ4v) is 5.09. The fourth-order valence-electron chi connectivity index (χ4n) is 5.09. The summed E-state index contributed by atoms with van der Waals surface area (Å²) in [6, 6.07) is 6.48. The van der Waals surface area contributed by atoms with Crippen molar-refractivity contribution in [3.8, 4) is 6.07 Å². The minimum absolute atomic E-state index is 0.0907. The summed E-state index contributed by atoms with van der Waals surface area (Å²) in [5.41, 5.74) is 0.754. The summed E-state index contributed by atoms with van der Waals surface area (Å²) in [7, 11) is 0. The molecule has 1 saturated heterocycles. The van der Waals surface area contributed by atoms with Crippen molar-refractivity contribution < 1.29 is 13.6 Å². The Morgan fingerprint density at radius 3 is 2.52 bits per heavy atom. The van der Waals surface area contributed by atoms with Crippen LogP contribution in [0.15, 0.2) is 35.6 Å². The maximum Gasteiger partial charge on any atom is 0.246 e. The number of benzene rings is 1. The Bertz CT molecular complexity index is 1070. The Kier molecular flexibility index (Phi) is 4.85. The van der Waals surface area contributed by atoms with E-state index in [9.17, 15) is 13.6 Å². The van der Waals surface area contributed by atoms with Crippen LogP contribution >= 0.6 is 0 Å². The van der Waals surface area contributed by atoms with Crippen LogP contribution in [-0.4, -0.2) is 40.2 Å². The van der Waals surface area contributed by atoms with Gasteiger partial charge in [0.1, 0.15) is 23.4 Å². The van der Waals surface area contributed by atoms with Crippen LogP contribution in [0.1, 0.15) is 36.6 Å². The lowest BCUT2D eigenvalue weighted by atomic mass is 10.0. The molecule has 7 nitrogen and oxygen atoms in total. The Balaban J connectivity index is 1.26. The van der Waals surface area contributed by atoms with Gasteiger partial charge in [0.15, 0.2) is 0 Å². The number of carbonyl (C=O) groups is 1. The van der Waals surface area contributed by atoms with Crippen molar-refractivity contribution in [2.45, 2.75) is 25.3 Å². The molecule has 2 aromatic rings. The molecule has 5 rings (SSSR count). The van der Waals surface area contributed by atoms with Gasteiger partial charge in [-0.25, -0.2) is 23.8 Å². The topological polar surface area (TPSA) is 85.5 Å². The number of aromatic nitrogens is 2. The zero-order valence-electron chi connectivity index (χ0n) is 16.7. The summed E-state index contributed by atoms with van der Waals surface area (Å²) in [5, 5.41) is 14.7. The van der Waals surface area contributed by atoms with Gasteiger partial charge in [0.2, 0.25) is 11.9 Å². The van der Waals surface area contributed by atoms with E-state index in [2.05, 4.69) is 20.0 Å². The van der Waals surface area contributed by atoms with Gasteiger partial charge in [-0.3, -0.25) is 4.79 Å². The first kappa shape index (κ1) is 19.5. The molecule has 0 radical (unpaired) electrons. The highest BCUT2D eigenvalue weighted by molar-refractivity contribution is 5.82. The molecule has 31 heavy (non-hydrogen) atoms. The van der Waals surface area contributed by atoms with Gasteiger partial charge in [0.25, 0.3) is 0 Å². The highest BCUT2D eigenvalue weighted by Crippen LogP contribution is 2.44. The van der Waals surface area contributed by atoms with Crippen LogP contribution in [0.3, 0.4) is 0 Å². The van der Waals surface area contributed by atoms with Crippen LogP contribution in [0.4, 0.5) is 14.7 Å². The quantitative estimate of drug-likeness (QED) is 0.759. The largest absolute Gasteiger partial charge is 0.340 e. The number of fused-ring (bicyclic) bond motifs is 1. The van der Waals surface area contributed by atoms with E-state index in [0.717, 1.165) is 32.0 Å². The van der Waals surface area contributed by atoms with Gasteiger partial charge in [0.05, 0.1) is 6.04 Å². The number of nitriles is 1. The SMILES string of the molecule is N#Cc1ccnc(N2C[C@H]3C[C@H](C(=O)N4N=CC[C@@H]4c4cc(F)cc(F)c4)C[C@H]3C2)n1. The Hall–Kier alpha value is -3.41. The van der Waals surface area contributed by atoms with Crippen molar-refractivity contribution in [1.82, 2.24) is 15.0 Å². The number of hydrogen-bond acceptors (Lipinski definition) is 6. The molecule has 4 atom stereocenters. The Morgan fingerprint density at radius 1 is 1.13 bits per heavy atom. The molecule has 1 aromatic heterocycles. The molecule has 3 aliphatic rings. The molecule has 158 valence electrons. The molecule has 3 heterocycles. The first-order valence-electron chi connectivity index (χ1n) is 10.3. The van der Waals surface area contributed by atoms with Crippen LogP contribution < -0.4 is 4.90 Å². The van der Waals surface area contributed by atoms with Gasteiger partial charge >= 0.3 is 0 Å². The third kappa shape index (κ3) is 3.63. The van der Waals surface area contributed by atoms with Crippen molar-refractivity contribution >= 4 is 18.1 Å². The predicted octanol–water partition coefficient (Wildman–Crippen LogP) is 3.05. The summed E-state index contributed by atoms with van der Waals surface area (Å²) in [4.78, 5) is 23.8. The molecule has 1 amide bonds. The second kappa shape index (κ2) is 7.69. The van der Waals surface area contributed by atoms with Crippen molar-refractivity contribution in [2.24, 2.45) is 22.9 Å². The number of hydrazone groups is 1. The van der Waals surface area contributed by atoms with E-state index in [1.807, 2.05) is 6.07 Å². The van der Waals surface area contributed by atoms with E-state index >= 15 is 0 Å². The Labute approximate surface area is 178 Å². The van der Waals surface area contributed by atoms with Crippen molar-refractivity contribution in [1.29, 1.82) is 5.26 Å². The molecule has 0 spiro atoms. The van der Waals surface area contributed by atoms with Gasteiger partial charge < -0.3 is 4.90 Å². The molecule has 0 unspecified atom stereocenters. The molecule has 9 heteroatoms. The average molecular weight is 422 g/mol. The van der Waals surface area contributed by atoms with E-state index in [0.29, 0.717) is 35.5 Å². The van der Waals surface area contributed by atoms with Gasteiger partial charge in [-0.05, 0) is 48.4 Å². The summed E-state index contributed by atoms with van der Waals surface area (Å²) >= 11 is 0. The average Bonchev–Trinajstić information content (AvgIpc) is 3.47. The number of anilines is 1. The minimum Gasteiger partial charge on any atom is -0.340 e. The number of nitrogens with zero attached hydrogens (tertiary/aromatic N) is 6. The van der Waals surface area contributed by atoms with E-state index in [1.165, 1.54) is 17.1 Å². The molecular formula is C22H20F2N6O. The molecule has 1 aliphatic carbocycles. The van der Waals surface area contributed by atoms with Crippen LogP contribution in [-0.2, 0) is 4.79 Å². The fraction of sp³-hybridized carbons (Fsp3) is 0.409. The van der Waals surface area contributed by atoms with Crippen LogP contribution in [0.5, 0.6) is 0 Å². The second-order valence-corrected chi connectivity index (χ2v) is 8.38. The highest BCUT2D eigenvalue weighted by atomic mass is 19.1. The van der Waals surface area contributed by atoms with Crippen molar-refractivity contribution in [3.05, 3.63) is 53.4 Å². The molecule has 2 aliphatic heterocycles. The van der Waals surface area contributed by atoms with Gasteiger partial charge in [0, 0.05) is 43.9 Å². The third-order valence-electron chi connectivity index (χ3n) is 6.47. The van der Waals surface area contributed by atoms with Crippen LogP contribution in [0, 0.1) is 40.7 Å². The lowest BCUT2D eigenvalue weighted by Crippen LogP contribution is -2.33. The third-order valence-corrected chi connectivity index (χ3v) is 6.47. The molecule has 1 saturated carbocycles. The van der Waals surface area contributed by atoms with E-state index in [1.54, 1.807) is 18.5 Å². The number of carbonyl (C=O) groups excluding carboxylic acids is 1. The molecule has 0 N–H and O–H groups in total. The first-order chi connectivity index (χ1) is 15.0. The smallest absolute Gasteiger partial charge is 0.246 e. The molecule has 1 aromatic carbocycles. The summed E-state index contributed by atoms with van der Waals surface area (Å²) in [6.45, 7) is 1.48. The minimum atomic E-state index is -0.660. The predicted molar refractivity (Wildman–Crippen MR) is 108 cm³/mol. The van der Waals surface area contributed by atoms with E-state index in [4.69, 9.17) is 5.26 Å². The molecule has 2 fully saturated rings. The van der Waals surface area contributed by atoms with Crippen LogP contribution in [0.2, 0.25) is 0 Å². The zero-order valence-corrected chi connectivity index (χ0v) is 16.7. The summed E-state index contributed by atoms with van der Waals surface area (Å²) in [6.07, 6.45) is 5.11. The second-order valence-electron chi connectivity index (χ2n) is 8.38. The standard InChI is InChI=1S/C22H20F2N6O/c23-17-7-13(8-18(24)9-17)20-2-4-27-30(20)21(31)14-5-15-11-29(12-16(15)6-14)22-26-3-1-19(10-25)28-22/h1,3-4,7-9,14-16,20H,2,5-6,11-12H2/t14-,15+,16-,20-/m1/s1.